The highest BCUT2D eigenvalue weighted by Crippen LogP contribution is 2.31. The van der Waals surface area contributed by atoms with Gasteiger partial charge >= 0.3 is 0 Å². The van der Waals surface area contributed by atoms with Gasteiger partial charge in [-0.2, -0.15) is 0 Å². The number of aromatic amines is 1. The van der Waals surface area contributed by atoms with Gasteiger partial charge in [0.1, 0.15) is 11.5 Å². The van der Waals surface area contributed by atoms with E-state index in [1.807, 2.05) is 24.7 Å². The second-order valence-electron chi connectivity index (χ2n) is 5.14. The Bertz CT molecular complexity index is 725. The van der Waals surface area contributed by atoms with Crippen molar-refractivity contribution in [3.8, 4) is 0 Å². The predicted octanol–water partition coefficient (Wildman–Crippen LogP) is 3.10. The summed E-state index contributed by atoms with van der Waals surface area (Å²) in [5, 5.41) is 3.57. The molecule has 1 N–H and O–H groups in total. The molecule has 3 aromatic heterocycles. The summed E-state index contributed by atoms with van der Waals surface area (Å²) < 4.78 is 0. The molecule has 3 aromatic rings. The van der Waals surface area contributed by atoms with Crippen LogP contribution in [0.25, 0.3) is 21.8 Å². The molecule has 1 saturated heterocycles. The van der Waals surface area contributed by atoms with E-state index in [0.717, 1.165) is 24.6 Å². The summed E-state index contributed by atoms with van der Waals surface area (Å²) in [7, 11) is 0. The van der Waals surface area contributed by atoms with Crippen molar-refractivity contribution in [3.63, 3.8) is 0 Å². The van der Waals surface area contributed by atoms with Crippen molar-refractivity contribution < 1.29 is 0 Å². The van der Waals surface area contributed by atoms with E-state index >= 15 is 0 Å². The first-order chi connectivity index (χ1) is 9.43. The lowest BCUT2D eigenvalue weighted by Gasteiger charge is -2.28. The summed E-state index contributed by atoms with van der Waals surface area (Å²) in [4.78, 5) is 14.7. The van der Waals surface area contributed by atoms with Gasteiger partial charge in [0.15, 0.2) is 0 Å². The highest BCUT2D eigenvalue weighted by atomic mass is 15.2. The highest BCUT2D eigenvalue weighted by Gasteiger charge is 2.16. The molecule has 0 atom stereocenters. The fourth-order valence-electron chi connectivity index (χ4n) is 3.00. The van der Waals surface area contributed by atoms with Gasteiger partial charge < -0.3 is 9.88 Å². The zero-order valence-electron chi connectivity index (χ0n) is 10.8. The van der Waals surface area contributed by atoms with Crippen LogP contribution < -0.4 is 4.90 Å². The molecule has 0 aliphatic carbocycles. The number of anilines is 1. The van der Waals surface area contributed by atoms with Crippen molar-refractivity contribution in [2.45, 2.75) is 19.3 Å². The lowest BCUT2D eigenvalue weighted by Crippen LogP contribution is -2.30. The Kier molecular flexibility index (Phi) is 2.40. The number of pyridine rings is 2. The van der Waals surface area contributed by atoms with Gasteiger partial charge in [0.2, 0.25) is 0 Å². The number of fused-ring (bicyclic) bond motifs is 3. The molecular formula is C15H16N4. The van der Waals surface area contributed by atoms with Crippen LogP contribution in [0.1, 0.15) is 19.3 Å². The Morgan fingerprint density at radius 1 is 1.05 bits per heavy atom. The minimum atomic E-state index is 0.943. The Morgan fingerprint density at radius 2 is 1.95 bits per heavy atom. The van der Waals surface area contributed by atoms with Gasteiger partial charge in [0, 0.05) is 47.8 Å². The molecule has 4 rings (SSSR count). The third-order valence-corrected chi connectivity index (χ3v) is 3.95. The van der Waals surface area contributed by atoms with Crippen molar-refractivity contribution in [2.24, 2.45) is 0 Å². The van der Waals surface area contributed by atoms with Gasteiger partial charge in [0.25, 0.3) is 0 Å². The number of hydrogen-bond acceptors (Lipinski definition) is 3. The summed E-state index contributed by atoms with van der Waals surface area (Å²) in [5.74, 6) is 1.12. The second-order valence-corrected chi connectivity index (χ2v) is 5.14. The van der Waals surface area contributed by atoms with Crippen molar-refractivity contribution in [3.05, 3.63) is 30.7 Å². The van der Waals surface area contributed by atoms with E-state index in [-0.39, 0.29) is 0 Å². The molecule has 19 heavy (non-hydrogen) atoms. The number of nitrogens with one attached hydrogen (secondary N) is 1. The van der Waals surface area contributed by atoms with Crippen molar-refractivity contribution in [1.82, 2.24) is 15.0 Å². The summed E-state index contributed by atoms with van der Waals surface area (Å²) in [6.45, 7) is 2.22. The second kappa shape index (κ2) is 4.23. The van der Waals surface area contributed by atoms with Gasteiger partial charge in [-0.25, -0.2) is 9.97 Å². The molecule has 1 aliphatic heterocycles. The predicted molar refractivity (Wildman–Crippen MR) is 77.5 cm³/mol. The first-order valence-corrected chi connectivity index (χ1v) is 6.89. The average molecular weight is 252 g/mol. The number of aromatic nitrogens is 3. The summed E-state index contributed by atoms with van der Waals surface area (Å²) >= 11 is 0. The monoisotopic (exact) mass is 252 g/mol. The normalized spacial score (nSPS) is 16.3. The average Bonchev–Trinajstić information content (AvgIpc) is 2.96. The number of hydrogen-bond donors (Lipinski definition) is 1. The van der Waals surface area contributed by atoms with Crippen molar-refractivity contribution in [2.75, 3.05) is 18.0 Å². The smallest absolute Gasteiger partial charge is 0.137 e. The van der Waals surface area contributed by atoms with E-state index in [2.05, 4.69) is 25.9 Å². The molecule has 1 fully saturated rings. The minimum Gasteiger partial charge on any atom is -0.356 e. The van der Waals surface area contributed by atoms with Crippen LogP contribution in [0, 0.1) is 0 Å². The first kappa shape index (κ1) is 10.8. The van der Waals surface area contributed by atoms with Gasteiger partial charge in [-0.15, -0.1) is 0 Å². The van der Waals surface area contributed by atoms with Crippen LogP contribution in [0.2, 0.25) is 0 Å². The van der Waals surface area contributed by atoms with Crippen LogP contribution >= 0.6 is 0 Å². The maximum atomic E-state index is 4.64. The molecule has 0 spiro atoms. The van der Waals surface area contributed by atoms with Crippen LogP contribution in [0.5, 0.6) is 0 Å². The zero-order chi connectivity index (χ0) is 12.7. The molecule has 0 amide bonds. The van der Waals surface area contributed by atoms with Gasteiger partial charge in [-0.1, -0.05) is 0 Å². The molecule has 0 bridgehead atoms. The first-order valence-electron chi connectivity index (χ1n) is 6.89. The number of rotatable bonds is 1. The van der Waals surface area contributed by atoms with Crippen LogP contribution in [-0.4, -0.2) is 28.0 Å². The SMILES string of the molecule is c1cc2cnc3[nH]ccc3c2c(N2CCCCC2)n1. The van der Waals surface area contributed by atoms with Crippen LogP contribution in [-0.2, 0) is 0 Å². The van der Waals surface area contributed by atoms with Crippen LogP contribution in [0.3, 0.4) is 0 Å². The lowest BCUT2D eigenvalue weighted by atomic mass is 10.1. The summed E-state index contributed by atoms with van der Waals surface area (Å²) in [6.07, 6.45) is 9.64. The molecule has 96 valence electrons. The molecule has 0 radical (unpaired) electrons. The Morgan fingerprint density at radius 3 is 2.84 bits per heavy atom. The minimum absolute atomic E-state index is 0.943. The number of H-pyrrole nitrogens is 1. The highest BCUT2D eigenvalue weighted by molar-refractivity contribution is 6.10. The fourth-order valence-corrected chi connectivity index (χ4v) is 3.00. The molecular weight excluding hydrogens is 236 g/mol. The standard InChI is InChI=1S/C15H16N4/c1-2-8-19(9-3-1)15-13-11(4-6-17-15)10-18-14-12(13)5-7-16-14/h4-7,10H,1-3,8-9H2,(H,16,18). The summed E-state index contributed by atoms with van der Waals surface area (Å²) in [5.41, 5.74) is 0.943. The molecule has 0 aromatic carbocycles. The third kappa shape index (κ3) is 1.67. The van der Waals surface area contributed by atoms with Crippen molar-refractivity contribution in [1.29, 1.82) is 0 Å². The molecule has 4 heteroatoms. The van der Waals surface area contributed by atoms with Gasteiger partial charge in [-0.05, 0) is 31.4 Å². The maximum Gasteiger partial charge on any atom is 0.137 e. The molecule has 4 heterocycles. The van der Waals surface area contributed by atoms with Crippen molar-refractivity contribution >= 4 is 27.6 Å². The molecule has 1 aliphatic rings. The molecule has 4 nitrogen and oxygen atoms in total. The Balaban J connectivity index is 2.00. The van der Waals surface area contributed by atoms with Crippen LogP contribution in [0.15, 0.2) is 30.7 Å². The number of nitrogens with zero attached hydrogens (tertiary/aromatic N) is 3. The van der Waals surface area contributed by atoms with E-state index in [0.29, 0.717) is 0 Å². The van der Waals surface area contributed by atoms with E-state index in [1.54, 1.807) is 0 Å². The van der Waals surface area contributed by atoms with Crippen LogP contribution in [0.4, 0.5) is 5.82 Å². The lowest BCUT2D eigenvalue weighted by molar-refractivity contribution is 0.575. The Labute approximate surface area is 111 Å². The third-order valence-electron chi connectivity index (χ3n) is 3.95. The Hall–Kier alpha value is -2.10. The maximum absolute atomic E-state index is 4.64. The quantitative estimate of drug-likeness (QED) is 0.723. The topological polar surface area (TPSA) is 44.8 Å². The van der Waals surface area contributed by atoms with E-state index in [1.165, 1.54) is 35.4 Å². The largest absolute Gasteiger partial charge is 0.356 e. The zero-order valence-corrected chi connectivity index (χ0v) is 10.8. The van der Waals surface area contributed by atoms with Gasteiger partial charge in [0.05, 0.1) is 0 Å². The summed E-state index contributed by atoms with van der Waals surface area (Å²) in [6, 6.07) is 4.14. The fraction of sp³-hybridized carbons (Fsp3) is 0.333. The number of piperidine rings is 1. The van der Waals surface area contributed by atoms with E-state index < -0.39 is 0 Å². The van der Waals surface area contributed by atoms with Gasteiger partial charge in [-0.3, -0.25) is 0 Å². The molecule has 0 unspecified atom stereocenters. The van der Waals surface area contributed by atoms with E-state index in [4.69, 9.17) is 0 Å². The van der Waals surface area contributed by atoms with E-state index in [9.17, 15) is 0 Å². The molecule has 0 saturated carbocycles.